The summed E-state index contributed by atoms with van der Waals surface area (Å²) in [6.45, 7) is 0. The van der Waals surface area contributed by atoms with Crippen molar-refractivity contribution >= 4 is 95.3 Å². The highest BCUT2D eigenvalue weighted by Gasteiger charge is 2.16. The van der Waals surface area contributed by atoms with Crippen molar-refractivity contribution in [3.63, 3.8) is 0 Å². The molecule has 0 saturated heterocycles. The van der Waals surface area contributed by atoms with Crippen LogP contribution in [0.25, 0.3) is 118 Å². The van der Waals surface area contributed by atoms with Crippen LogP contribution in [-0.4, -0.2) is 15.0 Å². The maximum absolute atomic E-state index is 5.14. The van der Waals surface area contributed by atoms with Gasteiger partial charge in [0, 0.05) is 57.0 Å². The summed E-state index contributed by atoms with van der Waals surface area (Å²) in [6.07, 6.45) is 0. The lowest BCUT2D eigenvalue weighted by Crippen LogP contribution is -2.00. The van der Waals surface area contributed by atoms with Crippen molar-refractivity contribution in [1.82, 2.24) is 15.0 Å². The van der Waals surface area contributed by atoms with Crippen molar-refractivity contribution < 1.29 is 0 Å². The summed E-state index contributed by atoms with van der Waals surface area (Å²) in [5.74, 6) is 2.00. The van der Waals surface area contributed by atoms with Crippen molar-refractivity contribution in [3.8, 4) is 45.3 Å². The topological polar surface area (TPSA) is 38.7 Å². The molecule has 12 rings (SSSR count). The van der Waals surface area contributed by atoms with E-state index in [-0.39, 0.29) is 0 Å². The van der Waals surface area contributed by atoms with E-state index in [1.807, 2.05) is 40.9 Å². The standard InChI is InChI=1S/C51H29N3S2/c1-2-10-30(11-3-1)49-52-50(33-21-25-46-44(28-33)40-16-8-9-17-45(40)55-46)54-51(53-49)34-19-23-41-43-27-32(20-24-47(43)56-48(41)29-34)31-18-22-39-37-14-5-4-12-35(37)36-13-6-7-15-38(36)42(39)26-31/h1-29H. The third-order valence-electron chi connectivity index (χ3n) is 11.1. The van der Waals surface area contributed by atoms with E-state index in [9.17, 15) is 0 Å². The zero-order valence-electron chi connectivity index (χ0n) is 29.9. The van der Waals surface area contributed by atoms with Gasteiger partial charge in [-0.05, 0) is 92.0 Å². The molecule has 0 aliphatic carbocycles. The van der Waals surface area contributed by atoms with Gasteiger partial charge in [-0.15, -0.1) is 22.7 Å². The van der Waals surface area contributed by atoms with Crippen LogP contribution in [0.5, 0.6) is 0 Å². The Morgan fingerprint density at radius 2 is 0.625 bits per heavy atom. The minimum Gasteiger partial charge on any atom is -0.208 e. The summed E-state index contributed by atoms with van der Waals surface area (Å²) >= 11 is 3.63. The molecular formula is C51H29N3S2. The fourth-order valence-corrected chi connectivity index (χ4v) is 10.6. The molecule has 3 nitrogen and oxygen atoms in total. The van der Waals surface area contributed by atoms with E-state index in [1.165, 1.54) is 83.8 Å². The lowest BCUT2D eigenvalue weighted by Gasteiger charge is -2.12. The quantitative estimate of drug-likeness (QED) is 0.168. The molecule has 0 fully saturated rings. The van der Waals surface area contributed by atoms with Gasteiger partial charge in [0.25, 0.3) is 0 Å². The van der Waals surface area contributed by atoms with Crippen LogP contribution in [0, 0.1) is 0 Å². The number of aromatic nitrogens is 3. The number of hydrogen-bond donors (Lipinski definition) is 0. The Kier molecular flexibility index (Phi) is 6.97. The fourth-order valence-electron chi connectivity index (χ4n) is 8.40. The minimum atomic E-state index is 0.665. The second kappa shape index (κ2) is 12.4. The summed E-state index contributed by atoms with van der Waals surface area (Å²) in [4.78, 5) is 15.2. The first-order valence-electron chi connectivity index (χ1n) is 18.8. The maximum Gasteiger partial charge on any atom is 0.164 e. The molecule has 0 saturated carbocycles. The maximum atomic E-state index is 5.14. The molecule has 0 bridgehead atoms. The zero-order valence-corrected chi connectivity index (χ0v) is 31.5. The van der Waals surface area contributed by atoms with Gasteiger partial charge in [-0.1, -0.05) is 127 Å². The highest BCUT2D eigenvalue weighted by molar-refractivity contribution is 7.26. The molecule has 3 aromatic heterocycles. The Morgan fingerprint density at radius 3 is 1.30 bits per heavy atom. The van der Waals surface area contributed by atoms with Crippen molar-refractivity contribution in [1.29, 1.82) is 0 Å². The number of thiophene rings is 2. The first-order valence-corrected chi connectivity index (χ1v) is 20.4. The SMILES string of the molecule is c1ccc(-c2nc(-c3ccc4c(c3)sc3ccc(-c5ccc6c7ccccc7c7ccccc7c6c5)cc34)nc(-c3ccc4sc5ccccc5c4c3)n2)cc1. The second-order valence-electron chi connectivity index (χ2n) is 14.4. The summed E-state index contributed by atoms with van der Waals surface area (Å²) < 4.78 is 5.01. The number of benzene rings is 9. The molecule has 0 spiro atoms. The van der Waals surface area contributed by atoms with Crippen molar-refractivity contribution in [2.75, 3.05) is 0 Å². The highest BCUT2D eigenvalue weighted by atomic mass is 32.1. The minimum absolute atomic E-state index is 0.665. The predicted octanol–water partition coefficient (Wildman–Crippen LogP) is 14.7. The molecule has 0 atom stereocenters. The van der Waals surface area contributed by atoms with Gasteiger partial charge in [0.05, 0.1) is 0 Å². The van der Waals surface area contributed by atoms with E-state index in [1.54, 1.807) is 0 Å². The summed E-state index contributed by atoms with van der Waals surface area (Å²) in [5, 5.41) is 12.7. The number of fused-ring (bicyclic) bond motifs is 12. The third-order valence-corrected chi connectivity index (χ3v) is 13.4. The van der Waals surface area contributed by atoms with E-state index in [4.69, 9.17) is 15.0 Å². The van der Waals surface area contributed by atoms with E-state index in [2.05, 4.69) is 158 Å². The Hall–Kier alpha value is -6.79. The van der Waals surface area contributed by atoms with Crippen LogP contribution < -0.4 is 0 Å². The summed E-state index contributed by atoms with van der Waals surface area (Å²) in [5.41, 5.74) is 5.35. The molecule has 0 aliphatic heterocycles. The predicted molar refractivity (Wildman–Crippen MR) is 240 cm³/mol. The number of rotatable bonds is 4. The molecule has 9 aromatic carbocycles. The Bertz CT molecular complexity index is 3510. The van der Waals surface area contributed by atoms with Gasteiger partial charge in [0.2, 0.25) is 0 Å². The van der Waals surface area contributed by atoms with Crippen molar-refractivity contribution in [2.45, 2.75) is 0 Å². The van der Waals surface area contributed by atoms with E-state index in [0.29, 0.717) is 17.5 Å². The second-order valence-corrected chi connectivity index (χ2v) is 16.5. The van der Waals surface area contributed by atoms with Crippen LogP contribution in [0.1, 0.15) is 0 Å². The van der Waals surface area contributed by atoms with E-state index in [0.717, 1.165) is 16.7 Å². The average Bonchev–Trinajstić information content (AvgIpc) is 3.83. The fraction of sp³-hybridized carbons (Fsp3) is 0. The Labute approximate surface area is 329 Å². The Balaban J connectivity index is 0.978. The molecular weight excluding hydrogens is 719 g/mol. The van der Waals surface area contributed by atoms with Crippen molar-refractivity contribution in [3.05, 3.63) is 176 Å². The first-order chi connectivity index (χ1) is 27.7. The van der Waals surface area contributed by atoms with Crippen LogP contribution >= 0.6 is 22.7 Å². The van der Waals surface area contributed by atoms with Crippen LogP contribution in [-0.2, 0) is 0 Å². The molecule has 0 N–H and O–H groups in total. The molecule has 0 unspecified atom stereocenters. The molecule has 0 amide bonds. The molecule has 12 aromatic rings. The molecule has 260 valence electrons. The number of hydrogen-bond acceptors (Lipinski definition) is 5. The van der Waals surface area contributed by atoms with Gasteiger partial charge in [-0.3, -0.25) is 0 Å². The summed E-state index contributed by atoms with van der Waals surface area (Å²) in [6, 6.07) is 63.4. The van der Waals surface area contributed by atoms with Gasteiger partial charge in [0.1, 0.15) is 0 Å². The van der Waals surface area contributed by atoms with Gasteiger partial charge < -0.3 is 0 Å². The lowest BCUT2D eigenvalue weighted by atomic mass is 9.92. The van der Waals surface area contributed by atoms with Crippen LogP contribution in [0.15, 0.2) is 176 Å². The molecule has 0 aliphatic rings. The van der Waals surface area contributed by atoms with E-state index >= 15 is 0 Å². The summed E-state index contributed by atoms with van der Waals surface area (Å²) in [7, 11) is 0. The molecule has 3 heterocycles. The molecule has 0 radical (unpaired) electrons. The van der Waals surface area contributed by atoms with Gasteiger partial charge in [-0.25, -0.2) is 15.0 Å². The Morgan fingerprint density at radius 1 is 0.232 bits per heavy atom. The third kappa shape index (κ3) is 4.98. The van der Waals surface area contributed by atoms with Gasteiger partial charge in [-0.2, -0.15) is 0 Å². The monoisotopic (exact) mass is 747 g/mol. The lowest BCUT2D eigenvalue weighted by molar-refractivity contribution is 1.08. The van der Waals surface area contributed by atoms with Crippen molar-refractivity contribution in [2.24, 2.45) is 0 Å². The first kappa shape index (κ1) is 31.5. The van der Waals surface area contributed by atoms with E-state index < -0.39 is 0 Å². The molecule has 5 heteroatoms. The van der Waals surface area contributed by atoms with Gasteiger partial charge in [0.15, 0.2) is 17.5 Å². The average molecular weight is 748 g/mol. The zero-order chi connectivity index (χ0) is 36.7. The number of nitrogens with zero attached hydrogens (tertiary/aromatic N) is 3. The largest absolute Gasteiger partial charge is 0.208 e. The highest BCUT2D eigenvalue weighted by Crippen LogP contribution is 2.41. The normalized spacial score (nSPS) is 11.9. The van der Waals surface area contributed by atoms with Crippen LogP contribution in [0.3, 0.4) is 0 Å². The van der Waals surface area contributed by atoms with Gasteiger partial charge >= 0.3 is 0 Å². The van der Waals surface area contributed by atoms with Crippen LogP contribution in [0.4, 0.5) is 0 Å². The smallest absolute Gasteiger partial charge is 0.164 e. The molecule has 56 heavy (non-hydrogen) atoms. The van der Waals surface area contributed by atoms with Crippen LogP contribution in [0.2, 0.25) is 0 Å².